The Morgan fingerprint density at radius 2 is 2.26 bits per heavy atom. The lowest BCUT2D eigenvalue weighted by molar-refractivity contribution is -0.138. The van der Waals surface area contributed by atoms with Crippen molar-refractivity contribution in [3.05, 3.63) is 45.9 Å². The minimum atomic E-state index is -0.833. The maximum absolute atomic E-state index is 10.8. The first-order valence-corrected chi connectivity index (χ1v) is 11.6. The molecular formula is C21H23BrClN5O3. The second kappa shape index (κ2) is 8.54. The molecule has 2 fully saturated rings. The quantitative estimate of drug-likeness (QED) is 0.553. The molecule has 164 valence electrons. The van der Waals surface area contributed by atoms with E-state index < -0.39 is 5.97 Å². The van der Waals surface area contributed by atoms with Crippen molar-refractivity contribution in [3.63, 3.8) is 0 Å². The Hall–Kier alpha value is -1.94. The summed E-state index contributed by atoms with van der Waals surface area (Å²) in [6.45, 7) is 1.76. The van der Waals surface area contributed by atoms with Gasteiger partial charge in [0, 0.05) is 28.3 Å². The standard InChI is InChI=1S/C21H23BrClN5O3/c22-15-6-17-14(5-16(15)23)18(28-11-24-10-25-28)7-20(26-17)27-8-12-1-2-13(12)19(27)9-31-4-3-21(29)30/h5-7,10-13,19-20,26H,1-4,8-9H2,(H,29,30)/t12-,13-,19-,20?/m1/s1. The van der Waals surface area contributed by atoms with Crippen molar-refractivity contribution in [1.82, 2.24) is 19.7 Å². The lowest BCUT2D eigenvalue weighted by Crippen LogP contribution is -2.47. The van der Waals surface area contributed by atoms with E-state index in [4.69, 9.17) is 21.4 Å². The Morgan fingerprint density at radius 1 is 1.39 bits per heavy atom. The van der Waals surface area contributed by atoms with Gasteiger partial charge >= 0.3 is 5.97 Å². The highest BCUT2D eigenvalue weighted by atomic mass is 79.9. The molecular weight excluding hydrogens is 486 g/mol. The first kappa shape index (κ1) is 20.9. The van der Waals surface area contributed by atoms with Crippen molar-refractivity contribution in [2.45, 2.75) is 31.5 Å². The number of nitrogens with one attached hydrogen (secondary N) is 1. The summed E-state index contributed by atoms with van der Waals surface area (Å²) < 4.78 is 8.37. The predicted octanol–water partition coefficient (Wildman–Crippen LogP) is 3.54. The zero-order valence-corrected chi connectivity index (χ0v) is 19.1. The average molecular weight is 509 g/mol. The van der Waals surface area contributed by atoms with Gasteiger partial charge in [0.1, 0.15) is 18.8 Å². The first-order valence-electron chi connectivity index (χ1n) is 10.4. The molecule has 4 atom stereocenters. The van der Waals surface area contributed by atoms with Crippen molar-refractivity contribution in [1.29, 1.82) is 0 Å². The van der Waals surface area contributed by atoms with E-state index >= 15 is 0 Å². The summed E-state index contributed by atoms with van der Waals surface area (Å²) in [5, 5.41) is 17.5. The molecule has 0 amide bonds. The van der Waals surface area contributed by atoms with Crippen LogP contribution in [0.1, 0.15) is 24.8 Å². The number of hydrogen-bond donors (Lipinski definition) is 2. The third-order valence-corrected chi connectivity index (χ3v) is 7.77. The Kier molecular flexibility index (Phi) is 5.76. The number of hydrogen-bond acceptors (Lipinski definition) is 6. The highest BCUT2D eigenvalue weighted by Crippen LogP contribution is 2.47. The van der Waals surface area contributed by atoms with Gasteiger partial charge in [-0.2, -0.15) is 5.10 Å². The number of halogens is 2. The fraction of sp³-hybridized carbons (Fsp3) is 0.476. The van der Waals surface area contributed by atoms with Crippen molar-refractivity contribution in [2.75, 3.05) is 25.1 Å². The second-order valence-electron chi connectivity index (χ2n) is 8.28. The predicted molar refractivity (Wildman–Crippen MR) is 120 cm³/mol. The number of rotatable bonds is 7. The number of likely N-dealkylation sites (tertiary alicyclic amines) is 1. The minimum absolute atomic E-state index is 0.0288. The molecule has 1 aliphatic carbocycles. The van der Waals surface area contributed by atoms with Crippen LogP contribution in [0.15, 0.2) is 35.3 Å². The molecule has 2 aliphatic heterocycles. The summed E-state index contributed by atoms with van der Waals surface area (Å²) in [5.41, 5.74) is 2.86. The van der Waals surface area contributed by atoms with Crippen molar-refractivity contribution < 1.29 is 14.6 Å². The summed E-state index contributed by atoms with van der Waals surface area (Å²) in [7, 11) is 0. The van der Waals surface area contributed by atoms with E-state index in [1.54, 1.807) is 11.0 Å². The van der Waals surface area contributed by atoms with Crippen molar-refractivity contribution >= 4 is 44.9 Å². The Labute approximate surface area is 193 Å². The van der Waals surface area contributed by atoms with Gasteiger partial charge < -0.3 is 15.2 Å². The number of anilines is 1. The van der Waals surface area contributed by atoms with E-state index in [2.05, 4.69) is 42.3 Å². The number of carboxylic acids is 1. The number of carbonyl (C=O) groups is 1. The van der Waals surface area contributed by atoms with Crippen molar-refractivity contribution in [2.24, 2.45) is 11.8 Å². The summed E-state index contributed by atoms with van der Waals surface area (Å²) in [6.07, 6.45) is 7.78. The zero-order valence-electron chi connectivity index (χ0n) is 16.7. The highest BCUT2D eigenvalue weighted by Gasteiger charge is 2.49. The first-order chi connectivity index (χ1) is 15.0. The van der Waals surface area contributed by atoms with Gasteiger partial charge in [-0.25, -0.2) is 9.67 Å². The molecule has 0 bridgehead atoms. The molecule has 8 nitrogen and oxygen atoms in total. The van der Waals surface area contributed by atoms with Crippen LogP contribution in [0.5, 0.6) is 0 Å². The molecule has 3 heterocycles. The van der Waals surface area contributed by atoms with Crippen molar-refractivity contribution in [3.8, 4) is 0 Å². The largest absolute Gasteiger partial charge is 0.481 e. The molecule has 0 spiro atoms. The Balaban J connectivity index is 1.44. The molecule has 2 N–H and O–H groups in total. The fourth-order valence-electron chi connectivity index (χ4n) is 4.91. The van der Waals surface area contributed by atoms with E-state index in [0.29, 0.717) is 23.5 Å². The van der Waals surface area contributed by atoms with Crippen LogP contribution in [0, 0.1) is 11.8 Å². The average Bonchev–Trinajstić information content (AvgIpc) is 3.32. The third-order valence-electron chi connectivity index (χ3n) is 6.57. The lowest BCUT2D eigenvalue weighted by atomic mass is 9.73. The SMILES string of the molecule is O=C(O)CCOC[C@@H]1[C@@H]2CC[C@@H]2CN1C1C=C(n2cncn2)c2cc(Cl)c(Br)cc2N1. The Bertz CT molecular complexity index is 1010. The van der Waals surface area contributed by atoms with Crippen LogP contribution < -0.4 is 5.32 Å². The van der Waals surface area contributed by atoms with Crippen LogP contribution in [-0.2, 0) is 9.53 Å². The van der Waals surface area contributed by atoms with E-state index in [-0.39, 0.29) is 25.2 Å². The number of aromatic nitrogens is 3. The number of aliphatic carboxylic acids is 1. The van der Waals surface area contributed by atoms with Gasteiger partial charge in [-0.05, 0) is 58.8 Å². The van der Waals surface area contributed by atoms with Gasteiger partial charge in [0.05, 0.1) is 30.4 Å². The van der Waals surface area contributed by atoms with Gasteiger partial charge in [-0.15, -0.1) is 0 Å². The van der Waals surface area contributed by atoms with Gasteiger partial charge in [0.2, 0.25) is 0 Å². The van der Waals surface area contributed by atoms with E-state index in [0.717, 1.165) is 28.0 Å². The highest BCUT2D eigenvalue weighted by molar-refractivity contribution is 9.10. The number of fused-ring (bicyclic) bond motifs is 2. The molecule has 0 radical (unpaired) electrons. The molecule has 31 heavy (non-hydrogen) atoms. The zero-order chi connectivity index (χ0) is 21.5. The molecule has 1 aromatic heterocycles. The molecule has 1 saturated carbocycles. The van der Waals surface area contributed by atoms with Crippen LogP contribution in [0.2, 0.25) is 5.02 Å². The molecule has 1 saturated heterocycles. The van der Waals surface area contributed by atoms with Gasteiger partial charge in [-0.3, -0.25) is 9.69 Å². The third kappa shape index (κ3) is 4.00. The Morgan fingerprint density at radius 3 is 2.97 bits per heavy atom. The van der Waals surface area contributed by atoms with E-state index in [9.17, 15) is 4.79 Å². The van der Waals surface area contributed by atoms with Gasteiger partial charge in [-0.1, -0.05) is 11.6 Å². The molecule has 10 heteroatoms. The molecule has 1 unspecified atom stereocenters. The fourth-order valence-corrected chi connectivity index (χ4v) is 5.42. The number of nitrogens with zero attached hydrogens (tertiary/aromatic N) is 4. The monoisotopic (exact) mass is 507 g/mol. The normalized spacial score (nSPS) is 27.1. The second-order valence-corrected chi connectivity index (χ2v) is 9.54. The smallest absolute Gasteiger partial charge is 0.305 e. The van der Waals surface area contributed by atoms with E-state index in [1.807, 2.05) is 12.1 Å². The van der Waals surface area contributed by atoms with Gasteiger partial charge in [0.25, 0.3) is 0 Å². The van der Waals surface area contributed by atoms with E-state index in [1.165, 1.54) is 19.2 Å². The molecule has 2 aromatic rings. The summed E-state index contributed by atoms with van der Waals surface area (Å²) >= 11 is 9.92. The maximum Gasteiger partial charge on any atom is 0.305 e. The van der Waals surface area contributed by atoms with Crippen LogP contribution in [-0.4, -0.2) is 62.7 Å². The van der Waals surface area contributed by atoms with Crippen LogP contribution in [0.25, 0.3) is 5.70 Å². The lowest BCUT2D eigenvalue weighted by Gasteiger charge is -2.38. The molecule has 3 aliphatic rings. The maximum atomic E-state index is 10.8. The summed E-state index contributed by atoms with van der Waals surface area (Å²) in [6, 6.07) is 4.17. The summed E-state index contributed by atoms with van der Waals surface area (Å²) in [4.78, 5) is 17.4. The topological polar surface area (TPSA) is 92.5 Å². The molecule has 1 aromatic carbocycles. The molecule has 5 rings (SSSR count). The van der Waals surface area contributed by atoms with Gasteiger partial charge in [0.15, 0.2) is 0 Å². The number of benzene rings is 1. The summed E-state index contributed by atoms with van der Waals surface area (Å²) in [5.74, 6) is 0.421. The number of carboxylic acid groups (broad SMARTS) is 1. The minimum Gasteiger partial charge on any atom is -0.481 e. The number of ether oxygens (including phenoxy) is 1. The van der Waals surface area contributed by atoms with Crippen LogP contribution in [0.3, 0.4) is 0 Å². The van der Waals surface area contributed by atoms with Crippen LogP contribution in [0.4, 0.5) is 5.69 Å². The van der Waals surface area contributed by atoms with Crippen LogP contribution >= 0.6 is 27.5 Å².